The van der Waals surface area contributed by atoms with Crippen molar-refractivity contribution in [2.75, 3.05) is 0 Å². The average molecular weight is 266 g/mol. The summed E-state index contributed by atoms with van der Waals surface area (Å²) in [5, 5.41) is 12.0. The molecular formula is C13H18N2O4. The van der Waals surface area contributed by atoms with E-state index >= 15 is 0 Å². The van der Waals surface area contributed by atoms with Crippen molar-refractivity contribution in [3.63, 3.8) is 0 Å². The molecule has 1 aromatic heterocycles. The first kappa shape index (κ1) is 13.6. The number of oxazole rings is 1. The van der Waals surface area contributed by atoms with Gasteiger partial charge >= 0.3 is 5.97 Å². The van der Waals surface area contributed by atoms with E-state index in [0.29, 0.717) is 18.6 Å². The number of nitrogens with zero attached hydrogens (tertiary/aromatic N) is 1. The zero-order valence-corrected chi connectivity index (χ0v) is 10.9. The van der Waals surface area contributed by atoms with Crippen molar-refractivity contribution in [2.45, 2.75) is 45.1 Å². The van der Waals surface area contributed by atoms with Crippen LogP contribution in [0.2, 0.25) is 0 Å². The summed E-state index contributed by atoms with van der Waals surface area (Å²) in [7, 11) is 0. The van der Waals surface area contributed by atoms with Crippen molar-refractivity contribution in [3.8, 4) is 0 Å². The highest BCUT2D eigenvalue weighted by molar-refractivity contribution is 5.93. The van der Waals surface area contributed by atoms with Crippen molar-refractivity contribution in [1.82, 2.24) is 10.3 Å². The van der Waals surface area contributed by atoms with E-state index in [9.17, 15) is 14.7 Å². The molecule has 1 fully saturated rings. The Morgan fingerprint density at radius 1 is 1.37 bits per heavy atom. The maximum atomic E-state index is 12.0. The van der Waals surface area contributed by atoms with Crippen LogP contribution in [0.4, 0.5) is 0 Å². The fourth-order valence-corrected chi connectivity index (χ4v) is 2.54. The van der Waals surface area contributed by atoms with E-state index in [1.54, 1.807) is 6.92 Å². The van der Waals surface area contributed by atoms with Crippen molar-refractivity contribution in [3.05, 3.63) is 17.8 Å². The third-order valence-electron chi connectivity index (χ3n) is 3.61. The number of carbonyl (C=O) groups is 2. The monoisotopic (exact) mass is 266 g/mol. The SMILES string of the molecule is Cc1ocnc1C(=O)N[C@@H]1CCCCC[C@H]1C(=O)O. The lowest BCUT2D eigenvalue weighted by Gasteiger charge is -2.22. The Hall–Kier alpha value is -1.85. The molecule has 1 aliphatic carbocycles. The van der Waals surface area contributed by atoms with Gasteiger partial charge in [-0.05, 0) is 19.8 Å². The van der Waals surface area contributed by atoms with Gasteiger partial charge in [0.15, 0.2) is 12.1 Å². The molecule has 0 bridgehead atoms. The van der Waals surface area contributed by atoms with Gasteiger partial charge in [-0.25, -0.2) is 4.98 Å². The molecule has 19 heavy (non-hydrogen) atoms. The van der Waals surface area contributed by atoms with E-state index in [2.05, 4.69) is 10.3 Å². The largest absolute Gasteiger partial charge is 0.481 e. The molecule has 1 aromatic rings. The first-order chi connectivity index (χ1) is 9.09. The topological polar surface area (TPSA) is 92.4 Å². The van der Waals surface area contributed by atoms with Crippen LogP contribution >= 0.6 is 0 Å². The Bertz CT molecular complexity index is 469. The third-order valence-corrected chi connectivity index (χ3v) is 3.61. The smallest absolute Gasteiger partial charge is 0.308 e. The molecule has 1 saturated carbocycles. The second kappa shape index (κ2) is 5.86. The van der Waals surface area contributed by atoms with E-state index < -0.39 is 11.9 Å². The standard InChI is InChI=1S/C13H18N2O4/c1-8-11(14-7-19-8)12(16)15-10-6-4-2-3-5-9(10)13(17)18/h7,9-10H,2-6H2,1H3,(H,15,16)(H,17,18)/t9-,10-/m1/s1. The molecule has 1 amide bonds. The Labute approximate surface area is 111 Å². The van der Waals surface area contributed by atoms with Crippen LogP contribution in [0.15, 0.2) is 10.8 Å². The molecule has 0 unspecified atom stereocenters. The number of hydrogen-bond acceptors (Lipinski definition) is 4. The van der Waals surface area contributed by atoms with Crippen molar-refractivity contribution >= 4 is 11.9 Å². The number of nitrogens with one attached hydrogen (secondary N) is 1. The van der Waals surface area contributed by atoms with Gasteiger partial charge < -0.3 is 14.8 Å². The second-order valence-electron chi connectivity index (χ2n) is 4.92. The normalized spacial score (nSPS) is 23.6. The number of amides is 1. The highest BCUT2D eigenvalue weighted by Crippen LogP contribution is 2.24. The summed E-state index contributed by atoms with van der Waals surface area (Å²) in [5.74, 6) is -1.27. The zero-order chi connectivity index (χ0) is 13.8. The molecule has 0 radical (unpaired) electrons. The van der Waals surface area contributed by atoms with Crippen LogP contribution in [-0.2, 0) is 4.79 Å². The second-order valence-corrected chi connectivity index (χ2v) is 4.92. The lowest BCUT2D eigenvalue weighted by atomic mass is 9.95. The van der Waals surface area contributed by atoms with E-state index in [4.69, 9.17) is 4.42 Å². The van der Waals surface area contributed by atoms with Crippen molar-refractivity contribution in [2.24, 2.45) is 5.92 Å². The van der Waals surface area contributed by atoms with Crippen LogP contribution in [0.25, 0.3) is 0 Å². The summed E-state index contributed by atoms with van der Waals surface area (Å²) in [5.41, 5.74) is 0.230. The predicted molar refractivity (Wildman–Crippen MR) is 66.7 cm³/mol. The molecule has 0 aromatic carbocycles. The minimum Gasteiger partial charge on any atom is -0.481 e. The summed E-state index contributed by atoms with van der Waals surface area (Å²) in [6.07, 6.45) is 5.36. The Kier molecular flexibility index (Phi) is 4.19. The summed E-state index contributed by atoms with van der Waals surface area (Å²) < 4.78 is 4.99. The van der Waals surface area contributed by atoms with Crippen LogP contribution in [-0.4, -0.2) is 28.0 Å². The highest BCUT2D eigenvalue weighted by Gasteiger charge is 2.31. The van der Waals surface area contributed by atoms with Gasteiger partial charge in [0.1, 0.15) is 5.76 Å². The zero-order valence-electron chi connectivity index (χ0n) is 10.9. The van der Waals surface area contributed by atoms with Gasteiger partial charge in [0.25, 0.3) is 5.91 Å². The quantitative estimate of drug-likeness (QED) is 0.813. The first-order valence-electron chi connectivity index (χ1n) is 6.53. The summed E-state index contributed by atoms with van der Waals surface area (Å²) >= 11 is 0. The van der Waals surface area contributed by atoms with Crippen LogP contribution in [0.3, 0.4) is 0 Å². The van der Waals surface area contributed by atoms with Gasteiger partial charge in [0, 0.05) is 6.04 Å². The van der Waals surface area contributed by atoms with Gasteiger partial charge in [-0.15, -0.1) is 0 Å². The molecule has 6 nitrogen and oxygen atoms in total. The fraction of sp³-hybridized carbons (Fsp3) is 0.615. The maximum Gasteiger partial charge on any atom is 0.308 e. The minimum absolute atomic E-state index is 0.230. The Morgan fingerprint density at radius 3 is 2.74 bits per heavy atom. The van der Waals surface area contributed by atoms with Crippen LogP contribution in [0, 0.1) is 12.8 Å². The Balaban J connectivity index is 2.08. The number of aromatic nitrogens is 1. The summed E-state index contributed by atoms with van der Waals surface area (Å²) in [6.45, 7) is 1.66. The van der Waals surface area contributed by atoms with E-state index in [-0.39, 0.29) is 17.6 Å². The van der Waals surface area contributed by atoms with Crippen LogP contribution in [0.1, 0.15) is 48.4 Å². The molecule has 2 N–H and O–H groups in total. The average Bonchev–Trinajstić information content (AvgIpc) is 2.65. The van der Waals surface area contributed by atoms with E-state index in [0.717, 1.165) is 19.3 Å². The number of hydrogen-bond donors (Lipinski definition) is 2. The fourth-order valence-electron chi connectivity index (χ4n) is 2.54. The maximum absolute atomic E-state index is 12.0. The van der Waals surface area contributed by atoms with E-state index in [1.165, 1.54) is 6.39 Å². The molecule has 0 spiro atoms. The van der Waals surface area contributed by atoms with Gasteiger partial charge in [-0.1, -0.05) is 19.3 Å². The van der Waals surface area contributed by atoms with Crippen molar-refractivity contribution < 1.29 is 19.1 Å². The number of carboxylic acids is 1. The lowest BCUT2D eigenvalue weighted by molar-refractivity contribution is -0.142. The van der Waals surface area contributed by atoms with Crippen LogP contribution in [0.5, 0.6) is 0 Å². The molecule has 0 aliphatic heterocycles. The molecule has 1 aliphatic rings. The molecule has 1 heterocycles. The molecule has 6 heteroatoms. The van der Waals surface area contributed by atoms with Gasteiger partial charge in [0.2, 0.25) is 0 Å². The van der Waals surface area contributed by atoms with Gasteiger partial charge in [-0.2, -0.15) is 0 Å². The molecular weight excluding hydrogens is 248 g/mol. The number of rotatable bonds is 3. The lowest BCUT2D eigenvalue weighted by Crippen LogP contribution is -2.43. The Morgan fingerprint density at radius 2 is 2.11 bits per heavy atom. The highest BCUT2D eigenvalue weighted by atomic mass is 16.4. The van der Waals surface area contributed by atoms with E-state index in [1.807, 2.05) is 0 Å². The number of aliphatic carboxylic acids is 1. The van der Waals surface area contributed by atoms with Crippen LogP contribution < -0.4 is 5.32 Å². The number of aryl methyl sites for hydroxylation is 1. The minimum atomic E-state index is -0.843. The first-order valence-corrected chi connectivity index (χ1v) is 6.53. The summed E-state index contributed by atoms with van der Waals surface area (Å²) in [6, 6.07) is -0.330. The third kappa shape index (κ3) is 3.13. The van der Waals surface area contributed by atoms with Gasteiger partial charge in [-0.3, -0.25) is 9.59 Å². The molecule has 2 atom stereocenters. The molecule has 0 saturated heterocycles. The number of carbonyl (C=O) groups excluding carboxylic acids is 1. The summed E-state index contributed by atoms with van der Waals surface area (Å²) in [4.78, 5) is 27.2. The number of carboxylic acid groups (broad SMARTS) is 1. The van der Waals surface area contributed by atoms with Crippen molar-refractivity contribution in [1.29, 1.82) is 0 Å². The van der Waals surface area contributed by atoms with Gasteiger partial charge in [0.05, 0.1) is 5.92 Å². The molecule has 2 rings (SSSR count). The predicted octanol–water partition coefficient (Wildman–Crippen LogP) is 1.75. The molecule has 104 valence electrons.